The van der Waals surface area contributed by atoms with E-state index in [1.807, 2.05) is 26.8 Å². The highest BCUT2D eigenvalue weighted by Gasteiger charge is 2.18. The maximum absolute atomic E-state index is 12.3. The molecule has 0 atom stereocenters. The van der Waals surface area contributed by atoms with E-state index in [1.165, 1.54) is 0 Å². The zero-order valence-electron chi connectivity index (χ0n) is 11.3. The number of amides is 1. The Morgan fingerprint density at radius 2 is 2.11 bits per heavy atom. The van der Waals surface area contributed by atoms with Gasteiger partial charge in [0.2, 0.25) is 0 Å². The molecule has 1 amide bonds. The topological polar surface area (TPSA) is 66.6 Å². The molecule has 0 saturated heterocycles. The van der Waals surface area contributed by atoms with Crippen LogP contribution in [0.3, 0.4) is 0 Å². The fraction of sp³-hybridized carbons (Fsp3) is 0.500. The first kappa shape index (κ1) is 14.5. The number of aliphatic hydroxyl groups is 1. The first-order valence-corrected chi connectivity index (χ1v) is 6.25. The predicted molar refractivity (Wildman–Crippen MR) is 73.5 cm³/mol. The third-order valence-electron chi connectivity index (χ3n) is 2.97. The van der Waals surface area contributed by atoms with Crippen molar-refractivity contribution in [3.63, 3.8) is 0 Å². The lowest BCUT2D eigenvalue weighted by Crippen LogP contribution is -2.38. The number of carbonyl (C=O) groups excluding carboxylic acids is 1. The van der Waals surface area contributed by atoms with Crippen LogP contribution >= 0.6 is 0 Å². The number of hydrogen-bond donors (Lipinski definition) is 2. The molecule has 0 aliphatic rings. The molecule has 0 unspecified atom stereocenters. The second kappa shape index (κ2) is 6.40. The van der Waals surface area contributed by atoms with E-state index in [4.69, 9.17) is 10.8 Å². The van der Waals surface area contributed by atoms with Crippen molar-refractivity contribution in [2.24, 2.45) is 0 Å². The normalized spacial score (nSPS) is 10.7. The Bertz CT molecular complexity index is 416. The second-order valence-corrected chi connectivity index (χ2v) is 4.74. The summed E-state index contributed by atoms with van der Waals surface area (Å²) in [5.74, 6) is -0.0369. The van der Waals surface area contributed by atoms with E-state index < -0.39 is 0 Å². The van der Waals surface area contributed by atoms with Crippen molar-refractivity contribution in [1.82, 2.24) is 4.90 Å². The molecule has 0 aliphatic heterocycles. The fourth-order valence-electron chi connectivity index (χ4n) is 1.77. The summed E-state index contributed by atoms with van der Waals surface area (Å²) >= 11 is 0. The van der Waals surface area contributed by atoms with Gasteiger partial charge in [-0.1, -0.05) is 6.07 Å². The lowest BCUT2D eigenvalue weighted by molar-refractivity contribution is 0.0693. The summed E-state index contributed by atoms with van der Waals surface area (Å²) in [5.41, 5.74) is 8.03. The van der Waals surface area contributed by atoms with Gasteiger partial charge in [-0.25, -0.2) is 0 Å². The van der Waals surface area contributed by atoms with Crippen molar-refractivity contribution in [3.8, 4) is 0 Å². The van der Waals surface area contributed by atoms with Gasteiger partial charge in [-0.05, 0) is 44.9 Å². The Morgan fingerprint density at radius 3 is 2.61 bits per heavy atom. The van der Waals surface area contributed by atoms with Crippen LogP contribution in [0.25, 0.3) is 0 Å². The van der Waals surface area contributed by atoms with Gasteiger partial charge in [-0.15, -0.1) is 0 Å². The van der Waals surface area contributed by atoms with Crippen LogP contribution in [0.1, 0.15) is 36.2 Å². The largest absolute Gasteiger partial charge is 0.398 e. The van der Waals surface area contributed by atoms with Crippen molar-refractivity contribution in [1.29, 1.82) is 0 Å². The molecule has 1 aromatic rings. The monoisotopic (exact) mass is 250 g/mol. The smallest absolute Gasteiger partial charge is 0.254 e. The minimum Gasteiger partial charge on any atom is -0.398 e. The molecule has 0 spiro atoms. The molecule has 0 saturated carbocycles. The molecule has 1 rings (SSSR count). The average Bonchev–Trinajstić information content (AvgIpc) is 2.32. The first-order chi connectivity index (χ1) is 8.47. The lowest BCUT2D eigenvalue weighted by Gasteiger charge is -2.26. The summed E-state index contributed by atoms with van der Waals surface area (Å²) in [6.45, 7) is 6.49. The molecule has 100 valence electrons. The molecule has 4 heteroatoms. The number of nitrogens with two attached hydrogens (primary N) is 1. The fourth-order valence-corrected chi connectivity index (χ4v) is 1.77. The third kappa shape index (κ3) is 3.47. The molecule has 3 N–H and O–H groups in total. The third-order valence-corrected chi connectivity index (χ3v) is 2.97. The van der Waals surface area contributed by atoms with Crippen LogP contribution in [0, 0.1) is 6.92 Å². The number of benzene rings is 1. The number of aliphatic hydroxyl groups excluding tert-OH is 1. The molecule has 0 heterocycles. The highest BCUT2D eigenvalue weighted by atomic mass is 16.3. The van der Waals surface area contributed by atoms with Gasteiger partial charge < -0.3 is 15.7 Å². The van der Waals surface area contributed by atoms with Crippen LogP contribution in [0.2, 0.25) is 0 Å². The van der Waals surface area contributed by atoms with Crippen LogP contribution in [-0.4, -0.2) is 35.1 Å². The number of carbonyl (C=O) groups is 1. The molecule has 0 aromatic heterocycles. The van der Waals surface area contributed by atoms with E-state index in [1.54, 1.807) is 17.0 Å². The SMILES string of the molecule is Cc1ccc(C(=O)N(CCCO)C(C)C)cc1N. The molecule has 4 nitrogen and oxygen atoms in total. The van der Waals surface area contributed by atoms with Crippen molar-refractivity contribution in [2.45, 2.75) is 33.2 Å². The Labute approximate surface area is 108 Å². The van der Waals surface area contributed by atoms with Gasteiger partial charge in [0.25, 0.3) is 5.91 Å². The number of anilines is 1. The van der Waals surface area contributed by atoms with Crippen molar-refractivity contribution in [3.05, 3.63) is 29.3 Å². The van der Waals surface area contributed by atoms with E-state index in [-0.39, 0.29) is 18.6 Å². The van der Waals surface area contributed by atoms with Gasteiger partial charge in [-0.2, -0.15) is 0 Å². The zero-order valence-corrected chi connectivity index (χ0v) is 11.3. The summed E-state index contributed by atoms with van der Waals surface area (Å²) < 4.78 is 0. The minimum absolute atomic E-state index is 0.0369. The molecule has 0 aliphatic carbocycles. The number of rotatable bonds is 5. The average molecular weight is 250 g/mol. The van der Waals surface area contributed by atoms with Gasteiger partial charge in [0.1, 0.15) is 0 Å². The first-order valence-electron chi connectivity index (χ1n) is 6.25. The molecule has 0 radical (unpaired) electrons. The lowest BCUT2D eigenvalue weighted by atomic mass is 10.1. The maximum Gasteiger partial charge on any atom is 0.254 e. The number of aryl methyl sites for hydroxylation is 1. The minimum atomic E-state index is -0.0369. The van der Waals surface area contributed by atoms with E-state index in [2.05, 4.69) is 0 Å². The Hall–Kier alpha value is -1.55. The maximum atomic E-state index is 12.3. The summed E-state index contributed by atoms with van der Waals surface area (Å²) in [7, 11) is 0. The Morgan fingerprint density at radius 1 is 1.44 bits per heavy atom. The molecular weight excluding hydrogens is 228 g/mol. The van der Waals surface area contributed by atoms with Crippen LogP contribution in [0.4, 0.5) is 5.69 Å². The summed E-state index contributed by atoms with van der Waals surface area (Å²) in [6, 6.07) is 5.47. The number of nitrogens with zero attached hydrogens (tertiary/aromatic N) is 1. The van der Waals surface area contributed by atoms with E-state index in [0.717, 1.165) is 5.56 Å². The van der Waals surface area contributed by atoms with Crippen LogP contribution in [-0.2, 0) is 0 Å². The van der Waals surface area contributed by atoms with Gasteiger partial charge in [0.05, 0.1) is 0 Å². The van der Waals surface area contributed by atoms with Crippen LogP contribution in [0.15, 0.2) is 18.2 Å². The zero-order chi connectivity index (χ0) is 13.7. The standard InChI is InChI=1S/C14H22N2O2/c1-10(2)16(7-4-8-17)14(18)12-6-5-11(3)13(15)9-12/h5-6,9-10,17H,4,7-8,15H2,1-3H3. The summed E-state index contributed by atoms with van der Waals surface area (Å²) in [6.07, 6.45) is 0.589. The quantitative estimate of drug-likeness (QED) is 0.783. The Balaban J connectivity index is 2.91. The van der Waals surface area contributed by atoms with Crippen LogP contribution < -0.4 is 5.73 Å². The molecule has 0 fully saturated rings. The summed E-state index contributed by atoms with van der Waals surface area (Å²) in [5, 5.41) is 8.87. The van der Waals surface area contributed by atoms with Gasteiger partial charge in [-0.3, -0.25) is 4.79 Å². The number of hydrogen-bond acceptors (Lipinski definition) is 3. The van der Waals surface area contributed by atoms with Gasteiger partial charge in [0, 0.05) is 30.4 Å². The van der Waals surface area contributed by atoms with Gasteiger partial charge >= 0.3 is 0 Å². The van der Waals surface area contributed by atoms with Crippen molar-refractivity contribution >= 4 is 11.6 Å². The molecular formula is C14H22N2O2. The van der Waals surface area contributed by atoms with E-state index in [9.17, 15) is 4.79 Å². The Kier molecular flexibility index (Phi) is 5.16. The second-order valence-electron chi connectivity index (χ2n) is 4.74. The summed E-state index contributed by atoms with van der Waals surface area (Å²) in [4.78, 5) is 14.1. The predicted octanol–water partition coefficient (Wildman–Crippen LogP) is 1.81. The van der Waals surface area contributed by atoms with Gasteiger partial charge in [0.15, 0.2) is 0 Å². The highest BCUT2D eigenvalue weighted by Crippen LogP contribution is 2.16. The van der Waals surface area contributed by atoms with E-state index >= 15 is 0 Å². The van der Waals surface area contributed by atoms with Crippen molar-refractivity contribution in [2.75, 3.05) is 18.9 Å². The molecule has 1 aromatic carbocycles. The number of nitrogen functional groups attached to an aromatic ring is 1. The van der Waals surface area contributed by atoms with Crippen LogP contribution in [0.5, 0.6) is 0 Å². The molecule has 0 bridgehead atoms. The van der Waals surface area contributed by atoms with Crippen molar-refractivity contribution < 1.29 is 9.90 Å². The molecule has 18 heavy (non-hydrogen) atoms. The highest BCUT2D eigenvalue weighted by molar-refractivity contribution is 5.95. The van der Waals surface area contributed by atoms with E-state index in [0.29, 0.717) is 24.2 Å².